The molecule has 5 aliphatic rings. The van der Waals surface area contributed by atoms with E-state index in [1.807, 2.05) is 42.7 Å². The molecular formula is C32H44N4O4S. The molecule has 4 fully saturated rings. The van der Waals surface area contributed by atoms with Gasteiger partial charge in [0, 0.05) is 29.7 Å². The van der Waals surface area contributed by atoms with Crippen LogP contribution in [-0.4, -0.2) is 83.7 Å². The van der Waals surface area contributed by atoms with Gasteiger partial charge < -0.3 is 25.2 Å². The lowest BCUT2D eigenvalue weighted by Crippen LogP contribution is -2.58. The number of hydrogen-bond acceptors (Lipinski definition) is 6. The highest BCUT2D eigenvalue weighted by Gasteiger charge is 2.72. The number of thioether (sulfide) groups is 1. The lowest BCUT2D eigenvalue weighted by molar-refractivity contribution is -0.142. The van der Waals surface area contributed by atoms with Gasteiger partial charge in [-0.2, -0.15) is 0 Å². The molecule has 4 heterocycles. The van der Waals surface area contributed by atoms with E-state index in [0.29, 0.717) is 24.1 Å². The van der Waals surface area contributed by atoms with Crippen molar-refractivity contribution >= 4 is 35.2 Å². The number of carbonyl (C=O) groups excluding carboxylic acids is 3. The Labute approximate surface area is 248 Å². The van der Waals surface area contributed by atoms with Gasteiger partial charge in [0.25, 0.3) is 0 Å². The number of fused-ring (bicyclic) bond motifs is 1. The molecule has 222 valence electrons. The molecule has 3 saturated heterocycles. The summed E-state index contributed by atoms with van der Waals surface area (Å²) in [6.07, 6.45) is 12.0. The Morgan fingerprint density at radius 3 is 2.66 bits per heavy atom. The van der Waals surface area contributed by atoms with Crippen molar-refractivity contribution in [3.8, 4) is 0 Å². The Morgan fingerprint density at radius 1 is 1.07 bits per heavy atom. The predicted molar refractivity (Wildman–Crippen MR) is 160 cm³/mol. The van der Waals surface area contributed by atoms with E-state index in [-0.39, 0.29) is 23.8 Å². The second-order valence-electron chi connectivity index (χ2n) is 12.7. The maximum atomic E-state index is 14.3. The fourth-order valence-corrected chi connectivity index (χ4v) is 8.37. The first-order chi connectivity index (χ1) is 19.8. The van der Waals surface area contributed by atoms with E-state index in [4.69, 9.17) is 4.74 Å². The Balaban J connectivity index is 1.27. The van der Waals surface area contributed by atoms with Crippen LogP contribution >= 0.6 is 11.8 Å². The van der Waals surface area contributed by atoms with E-state index in [9.17, 15) is 14.4 Å². The third-order valence-corrected chi connectivity index (χ3v) is 11.1. The van der Waals surface area contributed by atoms with Crippen LogP contribution in [0.3, 0.4) is 0 Å². The van der Waals surface area contributed by atoms with E-state index in [2.05, 4.69) is 29.4 Å². The number of hydrogen-bond donors (Lipinski definition) is 2. The van der Waals surface area contributed by atoms with Crippen molar-refractivity contribution in [2.75, 3.05) is 37.8 Å². The van der Waals surface area contributed by atoms with Crippen LogP contribution in [0.2, 0.25) is 0 Å². The van der Waals surface area contributed by atoms with Gasteiger partial charge in [0.2, 0.25) is 17.7 Å². The van der Waals surface area contributed by atoms with Gasteiger partial charge >= 0.3 is 0 Å². The number of anilines is 1. The number of rotatable bonds is 8. The van der Waals surface area contributed by atoms with Gasteiger partial charge in [0.1, 0.15) is 11.6 Å². The summed E-state index contributed by atoms with van der Waals surface area (Å²) in [5.41, 5.74) is -0.426. The average Bonchev–Trinajstić information content (AvgIpc) is 3.62. The smallest absolute Gasteiger partial charge is 0.246 e. The molecule has 8 atom stereocenters. The number of ether oxygens (including phenoxy) is 1. The number of likely N-dealkylation sites (tertiary alicyclic amines) is 2. The van der Waals surface area contributed by atoms with Crippen molar-refractivity contribution in [1.82, 2.24) is 15.1 Å². The SMILES string of the molecule is CSc1cccc(NC(=O)[C@@H]2[C@@H]3C=C[C@]4(O3)[C@@H]2C(=O)N(CCN2CCCCC2)[C@H]4C(=O)N[C@@H]2CCC[C@@H](C)[C@H]2C)c1. The molecule has 1 aromatic carbocycles. The number of piperidine rings is 1. The monoisotopic (exact) mass is 580 g/mol. The van der Waals surface area contributed by atoms with E-state index in [0.717, 1.165) is 50.2 Å². The summed E-state index contributed by atoms with van der Waals surface area (Å²) >= 11 is 1.61. The van der Waals surface area contributed by atoms with Crippen LogP contribution in [0.4, 0.5) is 5.69 Å². The summed E-state index contributed by atoms with van der Waals surface area (Å²) in [7, 11) is 0. The molecular weight excluding hydrogens is 536 g/mol. The van der Waals surface area contributed by atoms with Gasteiger partial charge in [-0.25, -0.2) is 0 Å². The van der Waals surface area contributed by atoms with Crippen LogP contribution in [0.25, 0.3) is 0 Å². The van der Waals surface area contributed by atoms with Crippen LogP contribution in [0.1, 0.15) is 52.4 Å². The summed E-state index contributed by atoms with van der Waals surface area (Å²) in [5, 5.41) is 6.40. The van der Waals surface area contributed by atoms with Gasteiger partial charge in [0.05, 0.1) is 17.9 Å². The minimum absolute atomic E-state index is 0.0751. The third-order valence-electron chi connectivity index (χ3n) is 10.4. The molecule has 41 heavy (non-hydrogen) atoms. The van der Waals surface area contributed by atoms with Gasteiger partial charge in [0.15, 0.2) is 0 Å². The zero-order valence-corrected chi connectivity index (χ0v) is 25.3. The Bertz CT molecular complexity index is 1200. The standard InChI is InChI=1S/C32H44N4O4S/c1-20-9-7-12-24(21(20)2)34-30(38)28-32-14-13-25(40-32)26(29(37)33-22-10-8-11-23(19-22)41-3)27(32)31(39)36(28)18-17-35-15-5-4-6-16-35/h8,10-11,13-14,19-21,24-28H,4-7,9,12,15-18H2,1-3H3,(H,33,37)(H,34,38)/t20-,21-,24-,25+,26-,27+,28+,32+/m1/s1. The first-order valence-electron chi connectivity index (χ1n) is 15.5. The second-order valence-corrected chi connectivity index (χ2v) is 13.6. The van der Waals surface area contributed by atoms with Gasteiger partial charge in [-0.15, -0.1) is 11.8 Å². The minimum Gasteiger partial charge on any atom is -0.359 e. The highest BCUT2D eigenvalue weighted by molar-refractivity contribution is 7.98. The lowest BCUT2D eigenvalue weighted by Gasteiger charge is -2.38. The summed E-state index contributed by atoms with van der Waals surface area (Å²) in [6, 6.07) is 7.00. The number of nitrogens with one attached hydrogen (secondary N) is 2. The number of nitrogens with zero attached hydrogens (tertiary/aromatic N) is 2. The third kappa shape index (κ3) is 5.23. The zero-order chi connectivity index (χ0) is 28.7. The molecule has 0 aromatic heterocycles. The molecule has 3 amide bonds. The largest absolute Gasteiger partial charge is 0.359 e. The molecule has 1 spiro atoms. The van der Waals surface area contributed by atoms with Gasteiger partial charge in [-0.1, -0.05) is 51.3 Å². The molecule has 4 aliphatic heterocycles. The molecule has 6 rings (SSSR count). The molecule has 9 heteroatoms. The first kappa shape index (κ1) is 28.7. The number of amides is 3. The number of carbonyl (C=O) groups is 3. The van der Waals surface area contributed by atoms with E-state index >= 15 is 0 Å². The lowest BCUT2D eigenvalue weighted by atomic mass is 9.73. The van der Waals surface area contributed by atoms with Gasteiger partial charge in [-0.3, -0.25) is 14.4 Å². The van der Waals surface area contributed by atoms with Crippen molar-refractivity contribution < 1.29 is 19.1 Å². The van der Waals surface area contributed by atoms with Crippen LogP contribution in [0.5, 0.6) is 0 Å². The normalized spacial score (nSPS) is 36.4. The zero-order valence-electron chi connectivity index (χ0n) is 24.5. The molecule has 2 N–H and O–H groups in total. The Hall–Kier alpha value is -2.36. The van der Waals surface area contributed by atoms with Crippen molar-refractivity contribution in [3.05, 3.63) is 36.4 Å². The number of benzene rings is 1. The topological polar surface area (TPSA) is 91.0 Å². The predicted octanol–water partition coefficient (Wildman–Crippen LogP) is 3.92. The highest BCUT2D eigenvalue weighted by Crippen LogP contribution is 2.55. The molecule has 1 aromatic rings. The summed E-state index contributed by atoms with van der Waals surface area (Å²) in [5.74, 6) is -1.02. The van der Waals surface area contributed by atoms with Crippen molar-refractivity contribution in [2.24, 2.45) is 23.7 Å². The van der Waals surface area contributed by atoms with E-state index < -0.39 is 29.6 Å². The Kier molecular flexibility index (Phi) is 8.22. The van der Waals surface area contributed by atoms with E-state index in [1.54, 1.807) is 16.7 Å². The van der Waals surface area contributed by atoms with Gasteiger partial charge in [-0.05, 0) is 68.6 Å². The first-order valence-corrected chi connectivity index (χ1v) is 16.7. The molecule has 0 radical (unpaired) electrons. The molecule has 2 bridgehead atoms. The molecule has 8 nitrogen and oxygen atoms in total. The average molecular weight is 581 g/mol. The van der Waals surface area contributed by atoms with Crippen LogP contribution in [0, 0.1) is 23.7 Å². The second kappa shape index (κ2) is 11.7. The van der Waals surface area contributed by atoms with Crippen molar-refractivity contribution in [3.63, 3.8) is 0 Å². The van der Waals surface area contributed by atoms with Crippen LogP contribution < -0.4 is 10.6 Å². The van der Waals surface area contributed by atoms with Crippen molar-refractivity contribution in [1.29, 1.82) is 0 Å². The molecule has 0 unspecified atom stereocenters. The minimum atomic E-state index is -1.12. The maximum Gasteiger partial charge on any atom is 0.246 e. The summed E-state index contributed by atoms with van der Waals surface area (Å²) in [6.45, 7) is 7.68. The van der Waals surface area contributed by atoms with Crippen LogP contribution in [-0.2, 0) is 19.1 Å². The highest BCUT2D eigenvalue weighted by atomic mass is 32.2. The summed E-state index contributed by atoms with van der Waals surface area (Å²) < 4.78 is 6.55. The fourth-order valence-electron chi connectivity index (χ4n) is 7.91. The molecule has 1 aliphatic carbocycles. The van der Waals surface area contributed by atoms with Crippen LogP contribution in [0.15, 0.2) is 41.3 Å². The Morgan fingerprint density at radius 2 is 1.88 bits per heavy atom. The molecule has 1 saturated carbocycles. The quantitative estimate of drug-likeness (QED) is 0.358. The van der Waals surface area contributed by atoms with Crippen molar-refractivity contribution in [2.45, 2.75) is 81.1 Å². The maximum absolute atomic E-state index is 14.3. The van der Waals surface area contributed by atoms with E-state index in [1.165, 1.54) is 12.8 Å². The fraction of sp³-hybridized carbons (Fsp3) is 0.656. The summed E-state index contributed by atoms with van der Waals surface area (Å²) in [4.78, 5) is 47.4.